The van der Waals surface area contributed by atoms with Crippen LogP contribution >= 0.6 is 11.6 Å². The fourth-order valence-electron chi connectivity index (χ4n) is 3.54. The highest BCUT2D eigenvalue weighted by Gasteiger charge is 2.35. The van der Waals surface area contributed by atoms with Crippen LogP contribution in [-0.2, 0) is 10.9 Å². The molecule has 0 aliphatic carbocycles. The standard InChI is InChI=1S/C22H26ClF3N4O3/c1-21(2,3)33-20(31)30-9-5-6-14(12-30)13-7-8-16(17(10-13)32-4)28-19-27-11-15(18(23)29-19)22(24,25)26/h7-8,10-11,14H,5-6,9,12H2,1-4H3,(H,27,28,29). The molecule has 1 aromatic heterocycles. The minimum absolute atomic E-state index is 0.0889. The molecule has 1 aliphatic heterocycles. The van der Waals surface area contributed by atoms with Gasteiger partial charge in [0.25, 0.3) is 0 Å². The average Bonchev–Trinajstić information content (AvgIpc) is 2.72. The van der Waals surface area contributed by atoms with E-state index >= 15 is 0 Å². The molecule has 1 aromatic carbocycles. The molecular formula is C22H26ClF3N4O3. The third-order valence-corrected chi connectivity index (χ3v) is 5.35. The molecule has 2 aromatic rings. The van der Waals surface area contributed by atoms with E-state index in [4.69, 9.17) is 21.1 Å². The normalized spacial score (nSPS) is 17.0. The lowest BCUT2D eigenvalue weighted by atomic mass is 9.90. The number of carbonyl (C=O) groups excluding carboxylic acids is 1. The zero-order valence-electron chi connectivity index (χ0n) is 18.8. The summed E-state index contributed by atoms with van der Waals surface area (Å²) in [7, 11) is 1.48. The average molecular weight is 487 g/mol. The maximum atomic E-state index is 12.9. The lowest BCUT2D eigenvalue weighted by Gasteiger charge is -2.34. The maximum absolute atomic E-state index is 12.9. The van der Waals surface area contributed by atoms with Crippen molar-refractivity contribution < 1.29 is 27.4 Å². The number of nitrogens with zero attached hydrogens (tertiary/aromatic N) is 3. The maximum Gasteiger partial charge on any atom is 0.420 e. The van der Waals surface area contributed by atoms with Gasteiger partial charge in [-0.25, -0.2) is 14.8 Å². The number of methoxy groups -OCH3 is 1. The van der Waals surface area contributed by atoms with E-state index in [0.29, 0.717) is 30.7 Å². The van der Waals surface area contributed by atoms with Crippen LogP contribution in [0.4, 0.5) is 29.6 Å². The Kier molecular flexibility index (Phi) is 7.26. The highest BCUT2D eigenvalue weighted by molar-refractivity contribution is 6.30. The topological polar surface area (TPSA) is 76.6 Å². The number of nitrogens with one attached hydrogen (secondary N) is 1. The van der Waals surface area contributed by atoms with Crippen molar-refractivity contribution in [3.05, 3.63) is 40.7 Å². The second kappa shape index (κ2) is 9.62. The van der Waals surface area contributed by atoms with Crippen molar-refractivity contribution in [2.24, 2.45) is 0 Å². The predicted octanol–water partition coefficient (Wildman–Crippen LogP) is 6.02. The Morgan fingerprint density at radius 3 is 2.61 bits per heavy atom. The molecule has 2 heterocycles. The molecule has 1 amide bonds. The van der Waals surface area contributed by atoms with E-state index in [9.17, 15) is 18.0 Å². The molecule has 1 aliphatic rings. The number of hydrogen-bond acceptors (Lipinski definition) is 6. The molecule has 0 saturated carbocycles. The van der Waals surface area contributed by atoms with Crippen LogP contribution in [0.1, 0.15) is 50.7 Å². The van der Waals surface area contributed by atoms with E-state index < -0.39 is 22.5 Å². The SMILES string of the molecule is COc1cc(C2CCCN(C(=O)OC(C)(C)C)C2)ccc1Nc1ncc(C(F)(F)F)c(Cl)n1. The summed E-state index contributed by atoms with van der Waals surface area (Å²) in [5.41, 5.74) is -0.234. The third-order valence-electron chi connectivity index (χ3n) is 5.06. The minimum Gasteiger partial charge on any atom is -0.495 e. The number of ether oxygens (including phenoxy) is 2. The number of benzene rings is 1. The number of carbonyl (C=O) groups is 1. The van der Waals surface area contributed by atoms with Gasteiger partial charge in [0.1, 0.15) is 22.1 Å². The highest BCUT2D eigenvalue weighted by atomic mass is 35.5. The van der Waals surface area contributed by atoms with Crippen molar-refractivity contribution in [1.82, 2.24) is 14.9 Å². The van der Waals surface area contributed by atoms with Crippen LogP contribution in [0.3, 0.4) is 0 Å². The number of rotatable bonds is 4. The number of likely N-dealkylation sites (tertiary alicyclic amines) is 1. The van der Waals surface area contributed by atoms with Gasteiger partial charge in [-0.15, -0.1) is 0 Å². The van der Waals surface area contributed by atoms with Crippen LogP contribution < -0.4 is 10.1 Å². The van der Waals surface area contributed by atoms with Crippen LogP contribution in [0.15, 0.2) is 24.4 Å². The van der Waals surface area contributed by atoms with Crippen LogP contribution in [0, 0.1) is 0 Å². The monoisotopic (exact) mass is 486 g/mol. The first-order chi connectivity index (χ1) is 15.4. The Balaban J connectivity index is 1.76. The first kappa shape index (κ1) is 24.9. The first-order valence-corrected chi connectivity index (χ1v) is 10.8. The molecule has 1 saturated heterocycles. The van der Waals surface area contributed by atoms with Crippen LogP contribution in [0.2, 0.25) is 5.15 Å². The summed E-state index contributed by atoms with van der Waals surface area (Å²) in [5, 5.41) is 2.15. The second-order valence-corrected chi connectivity index (χ2v) is 9.10. The molecular weight excluding hydrogens is 461 g/mol. The number of alkyl halides is 3. The zero-order chi connectivity index (χ0) is 24.4. The number of anilines is 2. The largest absolute Gasteiger partial charge is 0.495 e. The zero-order valence-corrected chi connectivity index (χ0v) is 19.5. The van der Waals surface area contributed by atoms with Gasteiger partial charge in [0.05, 0.1) is 12.8 Å². The van der Waals surface area contributed by atoms with Crippen molar-refractivity contribution in [2.75, 3.05) is 25.5 Å². The van der Waals surface area contributed by atoms with Gasteiger partial charge in [0.2, 0.25) is 5.95 Å². The Labute approximate surface area is 195 Å². The molecule has 0 spiro atoms. The van der Waals surface area contributed by atoms with Gasteiger partial charge in [-0.2, -0.15) is 13.2 Å². The van der Waals surface area contributed by atoms with Crippen LogP contribution in [0.25, 0.3) is 0 Å². The molecule has 0 bridgehead atoms. The number of piperidine rings is 1. The van der Waals surface area contributed by atoms with Gasteiger partial charge >= 0.3 is 12.3 Å². The Hall–Kier alpha value is -2.75. The smallest absolute Gasteiger partial charge is 0.420 e. The fourth-order valence-corrected chi connectivity index (χ4v) is 3.77. The van der Waals surface area contributed by atoms with E-state index in [-0.39, 0.29) is 18.0 Å². The molecule has 1 fully saturated rings. The van der Waals surface area contributed by atoms with Gasteiger partial charge in [-0.1, -0.05) is 17.7 Å². The third kappa shape index (κ3) is 6.40. The number of aromatic nitrogens is 2. The summed E-state index contributed by atoms with van der Waals surface area (Å²) in [6.07, 6.45) is -2.61. The Morgan fingerprint density at radius 1 is 1.27 bits per heavy atom. The quantitative estimate of drug-likeness (QED) is 0.533. The van der Waals surface area contributed by atoms with Crippen molar-refractivity contribution in [2.45, 2.75) is 51.3 Å². The van der Waals surface area contributed by atoms with Crippen LogP contribution in [0.5, 0.6) is 5.75 Å². The van der Waals surface area contributed by atoms with Crippen LogP contribution in [-0.4, -0.2) is 46.8 Å². The van der Waals surface area contributed by atoms with E-state index in [2.05, 4.69) is 15.3 Å². The van der Waals surface area contributed by atoms with Gasteiger partial charge in [0, 0.05) is 25.2 Å². The molecule has 3 rings (SSSR count). The Morgan fingerprint density at radius 2 is 2.00 bits per heavy atom. The summed E-state index contributed by atoms with van der Waals surface area (Å²) in [4.78, 5) is 21.6. The molecule has 0 radical (unpaired) electrons. The summed E-state index contributed by atoms with van der Waals surface area (Å²) in [5.74, 6) is 0.459. The van der Waals surface area contributed by atoms with E-state index in [0.717, 1.165) is 18.4 Å². The van der Waals surface area contributed by atoms with Crippen molar-refractivity contribution in [3.63, 3.8) is 0 Å². The molecule has 1 N–H and O–H groups in total. The van der Waals surface area contributed by atoms with E-state index in [1.807, 2.05) is 32.9 Å². The lowest BCUT2D eigenvalue weighted by Crippen LogP contribution is -2.42. The molecule has 1 atom stereocenters. The lowest BCUT2D eigenvalue weighted by molar-refractivity contribution is -0.137. The number of halogens is 4. The fraction of sp³-hybridized carbons (Fsp3) is 0.500. The van der Waals surface area contributed by atoms with Gasteiger partial charge in [-0.05, 0) is 51.3 Å². The van der Waals surface area contributed by atoms with Crippen molar-refractivity contribution >= 4 is 29.3 Å². The summed E-state index contributed by atoms with van der Waals surface area (Å²) >= 11 is 5.68. The first-order valence-electron chi connectivity index (χ1n) is 10.4. The van der Waals surface area contributed by atoms with Gasteiger partial charge in [-0.3, -0.25) is 0 Å². The molecule has 11 heteroatoms. The summed E-state index contributed by atoms with van der Waals surface area (Å²) in [6, 6.07) is 5.44. The summed E-state index contributed by atoms with van der Waals surface area (Å²) < 4.78 is 49.6. The Bertz CT molecular complexity index is 1010. The highest BCUT2D eigenvalue weighted by Crippen LogP contribution is 2.36. The number of hydrogen-bond donors (Lipinski definition) is 1. The molecule has 7 nitrogen and oxygen atoms in total. The second-order valence-electron chi connectivity index (χ2n) is 8.75. The van der Waals surface area contributed by atoms with Gasteiger partial charge < -0.3 is 19.7 Å². The molecule has 1 unspecified atom stereocenters. The van der Waals surface area contributed by atoms with E-state index in [1.54, 1.807) is 11.0 Å². The van der Waals surface area contributed by atoms with Crippen molar-refractivity contribution in [3.8, 4) is 5.75 Å². The summed E-state index contributed by atoms with van der Waals surface area (Å²) in [6.45, 7) is 6.64. The number of amides is 1. The van der Waals surface area contributed by atoms with Gasteiger partial charge in [0.15, 0.2) is 0 Å². The minimum atomic E-state index is -4.64. The van der Waals surface area contributed by atoms with E-state index in [1.165, 1.54) is 7.11 Å². The molecule has 33 heavy (non-hydrogen) atoms. The van der Waals surface area contributed by atoms with Crippen molar-refractivity contribution in [1.29, 1.82) is 0 Å². The predicted molar refractivity (Wildman–Crippen MR) is 118 cm³/mol. The molecule has 180 valence electrons.